The fourth-order valence-electron chi connectivity index (χ4n) is 1.95. The zero-order chi connectivity index (χ0) is 14.2. The number of rotatable bonds is 2. The highest BCUT2D eigenvalue weighted by Gasteiger charge is 2.25. The molecule has 0 bridgehead atoms. The van der Waals surface area contributed by atoms with Crippen LogP contribution in [0.1, 0.15) is 33.7 Å². The van der Waals surface area contributed by atoms with Gasteiger partial charge in [-0.15, -0.1) is 0 Å². The molecule has 2 rings (SSSR count). The number of aromatic amines is 1. The van der Waals surface area contributed by atoms with Crippen LogP contribution in [0.15, 0.2) is 29.1 Å². The standard InChI is InChI=1S/C14H18N2O3/c1-9(12(17)19-14(2,3)4)16-11-8-6-5-7-10(11)15-13(16)18/h5-9H,1-4H3,(H,15,18)/t9-/m1/s1. The molecule has 0 radical (unpaired) electrons. The molecule has 0 saturated heterocycles. The van der Waals surface area contributed by atoms with Crippen LogP contribution in [0.5, 0.6) is 0 Å². The number of nitrogens with one attached hydrogen (secondary N) is 1. The molecule has 1 heterocycles. The molecule has 0 aliphatic rings. The molecule has 102 valence electrons. The van der Waals surface area contributed by atoms with E-state index in [1.807, 2.05) is 12.1 Å². The molecule has 0 saturated carbocycles. The summed E-state index contributed by atoms with van der Waals surface area (Å²) in [5.74, 6) is -0.417. The number of hydrogen-bond donors (Lipinski definition) is 1. The largest absolute Gasteiger partial charge is 0.458 e. The van der Waals surface area contributed by atoms with Crippen LogP contribution >= 0.6 is 0 Å². The highest BCUT2D eigenvalue weighted by atomic mass is 16.6. The summed E-state index contributed by atoms with van der Waals surface area (Å²) in [4.78, 5) is 26.7. The fourth-order valence-corrected chi connectivity index (χ4v) is 1.95. The Morgan fingerprint density at radius 3 is 2.58 bits per heavy atom. The van der Waals surface area contributed by atoms with Gasteiger partial charge in [0.2, 0.25) is 0 Å². The number of para-hydroxylation sites is 2. The van der Waals surface area contributed by atoms with Crippen molar-refractivity contribution in [2.24, 2.45) is 0 Å². The minimum atomic E-state index is -0.664. The number of esters is 1. The second-order valence-corrected chi connectivity index (χ2v) is 5.53. The first-order chi connectivity index (χ1) is 8.79. The molecule has 0 spiro atoms. The number of nitrogens with zero attached hydrogens (tertiary/aromatic N) is 1. The van der Waals surface area contributed by atoms with E-state index in [1.165, 1.54) is 4.57 Å². The summed E-state index contributed by atoms with van der Waals surface area (Å²) < 4.78 is 6.73. The molecule has 1 aromatic carbocycles. The topological polar surface area (TPSA) is 64.1 Å². The highest BCUT2D eigenvalue weighted by molar-refractivity contribution is 5.80. The van der Waals surface area contributed by atoms with Crippen LogP contribution in [0, 0.1) is 0 Å². The van der Waals surface area contributed by atoms with Gasteiger partial charge in [0.15, 0.2) is 0 Å². The van der Waals surface area contributed by atoms with E-state index < -0.39 is 17.6 Å². The lowest BCUT2D eigenvalue weighted by Gasteiger charge is -2.22. The van der Waals surface area contributed by atoms with Gasteiger partial charge in [0.05, 0.1) is 11.0 Å². The van der Waals surface area contributed by atoms with Crippen LogP contribution in [-0.2, 0) is 9.53 Å². The Morgan fingerprint density at radius 1 is 1.32 bits per heavy atom. The lowest BCUT2D eigenvalue weighted by molar-refractivity contribution is -0.158. The van der Waals surface area contributed by atoms with Crippen molar-refractivity contribution >= 4 is 17.0 Å². The molecular formula is C14H18N2O3. The molecule has 5 nitrogen and oxygen atoms in total. The smallest absolute Gasteiger partial charge is 0.329 e. The Morgan fingerprint density at radius 2 is 1.95 bits per heavy atom. The van der Waals surface area contributed by atoms with Crippen LogP contribution in [0.3, 0.4) is 0 Å². The predicted octanol–water partition coefficient (Wildman–Crippen LogP) is 2.23. The summed E-state index contributed by atoms with van der Waals surface area (Å²) in [5, 5.41) is 0. The van der Waals surface area contributed by atoms with E-state index >= 15 is 0 Å². The van der Waals surface area contributed by atoms with Crippen LogP contribution in [0.25, 0.3) is 11.0 Å². The normalized spacial score (nSPS) is 13.5. The van der Waals surface area contributed by atoms with Gasteiger partial charge in [-0.1, -0.05) is 12.1 Å². The van der Waals surface area contributed by atoms with Gasteiger partial charge in [0, 0.05) is 0 Å². The molecule has 19 heavy (non-hydrogen) atoms. The van der Waals surface area contributed by atoms with Gasteiger partial charge in [-0.2, -0.15) is 0 Å². The third kappa shape index (κ3) is 2.70. The Labute approximate surface area is 111 Å². The summed E-state index contributed by atoms with van der Waals surface area (Å²) in [7, 11) is 0. The summed E-state index contributed by atoms with van der Waals surface area (Å²) in [5.41, 5.74) is 0.537. The van der Waals surface area contributed by atoms with Gasteiger partial charge in [-0.3, -0.25) is 4.57 Å². The maximum atomic E-state index is 12.1. The number of aromatic nitrogens is 2. The summed E-state index contributed by atoms with van der Waals surface area (Å²) in [6.45, 7) is 7.07. The van der Waals surface area contributed by atoms with Crippen LogP contribution in [0.2, 0.25) is 0 Å². The van der Waals surface area contributed by atoms with Crippen molar-refractivity contribution in [1.82, 2.24) is 9.55 Å². The van der Waals surface area contributed by atoms with Crippen LogP contribution in [0.4, 0.5) is 0 Å². The second-order valence-electron chi connectivity index (χ2n) is 5.53. The van der Waals surface area contributed by atoms with E-state index in [9.17, 15) is 9.59 Å². The quantitative estimate of drug-likeness (QED) is 0.844. The number of ether oxygens (including phenoxy) is 1. The molecule has 5 heteroatoms. The molecular weight excluding hydrogens is 244 g/mol. The average molecular weight is 262 g/mol. The Balaban J connectivity index is 2.42. The van der Waals surface area contributed by atoms with Crippen molar-refractivity contribution in [3.05, 3.63) is 34.7 Å². The first kappa shape index (κ1) is 13.4. The zero-order valence-electron chi connectivity index (χ0n) is 11.6. The number of hydrogen-bond acceptors (Lipinski definition) is 3. The first-order valence-electron chi connectivity index (χ1n) is 6.22. The number of carbonyl (C=O) groups is 1. The SMILES string of the molecule is C[C@H](C(=O)OC(C)(C)C)n1c(=O)[nH]c2ccccc21. The second kappa shape index (κ2) is 4.57. The van der Waals surface area contributed by atoms with E-state index in [-0.39, 0.29) is 5.69 Å². The molecule has 2 aromatic rings. The Kier molecular flexibility index (Phi) is 3.22. The molecule has 1 N–H and O–H groups in total. The number of benzene rings is 1. The fraction of sp³-hybridized carbons (Fsp3) is 0.429. The van der Waals surface area contributed by atoms with Gasteiger partial charge in [0.1, 0.15) is 11.6 Å². The van der Waals surface area contributed by atoms with E-state index in [0.717, 1.165) is 0 Å². The van der Waals surface area contributed by atoms with Crippen molar-refractivity contribution in [3.63, 3.8) is 0 Å². The van der Waals surface area contributed by atoms with E-state index in [4.69, 9.17) is 4.74 Å². The highest BCUT2D eigenvalue weighted by Crippen LogP contribution is 2.18. The Hall–Kier alpha value is -2.04. The predicted molar refractivity (Wildman–Crippen MR) is 73.1 cm³/mol. The Bertz CT molecular complexity index is 661. The van der Waals surface area contributed by atoms with Gasteiger partial charge in [-0.05, 0) is 39.8 Å². The van der Waals surface area contributed by atoms with Crippen LogP contribution in [-0.4, -0.2) is 21.1 Å². The number of imidazole rings is 1. The molecule has 0 fully saturated rings. The molecule has 1 atom stereocenters. The summed E-state index contributed by atoms with van der Waals surface area (Å²) in [6, 6.07) is 6.60. The van der Waals surface area contributed by atoms with Crippen molar-refractivity contribution in [2.75, 3.05) is 0 Å². The summed E-state index contributed by atoms with van der Waals surface area (Å²) in [6.07, 6.45) is 0. The third-order valence-electron chi connectivity index (χ3n) is 2.76. The molecule has 0 aliphatic heterocycles. The van der Waals surface area contributed by atoms with Crippen molar-refractivity contribution in [3.8, 4) is 0 Å². The molecule has 0 unspecified atom stereocenters. The summed E-state index contributed by atoms with van der Waals surface area (Å²) >= 11 is 0. The zero-order valence-corrected chi connectivity index (χ0v) is 11.6. The minimum Gasteiger partial charge on any atom is -0.458 e. The van der Waals surface area contributed by atoms with Gasteiger partial charge in [0.25, 0.3) is 0 Å². The number of H-pyrrole nitrogens is 1. The maximum Gasteiger partial charge on any atom is 0.329 e. The maximum absolute atomic E-state index is 12.1. The van der Waals surface area contributed by atoms with E-state index in [1.54, 1.807) is 39.8 Å². The molecule has 0 amide bonds. The van der Waals surface area contributed by atoms with E-state index in [0.29, 0.717) is 11.0 Å². The molecule has 0 aliphatic carbocycles. The average Bonchev–Trinajstić information content (AvgIpc) is 2.61. The van der Waals surface area contributed by atoms with Crippen molar-refractivity contribution in [1.29, 1.82) is 0 Å². The number of fused-ring (bicyclic) bond motifs is 1. The van der Waals surface area contributed by atoms with Crippen molar-refractivity contribution < 1.29 is 9.53 Å². The number of carbonyl (C=O) groups excluding carboxylic acids is 1. The monoisotopic (exact) mass is 262 g/mol. The van der Waals surface area contributed by atoms with Crippen molar-refractivity contribution in [2.45, 2.75) is 39.3 Å². The van der Waals surface area contributed by atoms with Crippen LogP contribution < -0.4 is 5.69 Å². The lowest BCUT2D eigenvalue weighted by Crippen LogP contribution is -2.32. The van der Waals surface area contributed by atoms with Gasteiger partial charge in [-0.25, -0.2) is 9.59 Å². The lowest BCUT2D eigenvalue weighted by atomic mass is 10.2. The molecule has 1 aromatic heterocycles. The van der Waals surface area contributed by atoms with E-state index in [2.05, 4.69) is 4.98 Å². The third-order valence-corrected chi connectivity index (χ3v) is 2.76. The first-order valence-corrected chi connectivity index (χ1v) is 6.22. The minimum absolute atomic E-state index is 0.306. The van der Waals surface area contributed by atoms with Gasteiger partial charge >= 0.3 is 11.7 Å². The van der Waals surface area contributed by atoms with Gasteiger partial charge < -0.3 is 9.72 Å².